The van der Waals surface area contributed by atoms with Crippen LogP contribution in [0.5, 0.6) is 0 Å². The van der Waals surface area contributed by atoms with E-state index in [9.17, 15) is 9.59 Å². The highest BCUT2D eigenvalue weighted by molar-refractivity contribution is 5.99. The first kappa shape index (κ1) is 13.9. The van der Waals surface area contributed by atoms with Gasteiger partial charge in [0.15, 0.2) is 0 Å². The molecule has 0 unspecified atom stereocenters. The summed E-state index contributed by atoms with van der Waals surface area (Å²) < 4.78 is 0. The number of pyridine rings is 1. The Balaban J connectivity index is 1.49. The van der Waals surface area contributed by atoms with Crippen LogP contribution in [0.4, 0.5) is 5.69 Å². The Labute approximate surface area is 134 Å². The number of amides is 2. The number of anilines is 1. The molecule has 2 amide bonds. The first-order chi connectivity index (χ1) is 11.2. The molecule has 2 aliphatic rings. The van der Waals surface area contributed by atoms with Crippen molar-refractivity contribution in [3.8, 4) is 0 Å². The second-order valence-electron chi connectivity index (χ2n) is 6.08. The van der Waals surface area contributed by atoms with Crippen LogP contribution in [0.2, 0.25) is 0 Å². The minimum Gasteiger partial charge on any atom is -0.336 e. The third-order valence-electron chi connectivity index (χ3n) is 4.68. The lowest BCUT2D eigenvalue weighted by molar-refractivity contribution is -0.120. The van der Waals surface area contributed by atoms with Crippen LogP contribution in [0.3, 0.4) is 0 Å². The lowest BCUT2D eigenvalue weighted by Crippen LogP contribution is -2.35. The van der Waals surface area contributed by atoms with Crippen molar-refractivity contribution < 1.29 is 9.59 Å². The van der Waals surface area contributed by atoms with Crippen molar-refractivity contribution in [2.45, 2.75) is 0 Å². The summed E-state index contributed by atoms with van der Waals surface area (Å²) in [6.07, 6.45) is 1.62. The maximum absolute atomic E-state index is 12.7. The second kappa shape index (κ2) is 5.50. The fraction of sp³-hybridized carbons (Fsp3) is 0.278. The van der Waals surface area contributed by atoms with E-state index < -0.39 is 0 Å². The van der Waals surface area contributed by atoms with Gasteiger partial charge in [-0.25, -0.2) is 0 Å². The monoisotopic (exact) mass is 307 g/mol. The van der Waals surface area contributed by atoms with Crippen molar-refractivity contribution in [3.05, 3.63) is 60.4 Å². The molecule has 0 aliphatic carbocycles. The summed E-state index contributed by atoms with van der Waals surface area (Å²) in [6, 6.07) is 15.0. The zero-order valence-electron chi connectivity index (χ0n) is 12.6. The Morgan fingerprint density at radius 1 is 1.00 bits per heavy atom. The Hall–Kier alpha value is -2.69. The van der Waals surface area contributed by atoms with E-state index in [0.717, 1.165) is 5.69 Å². The number of likely N-dealkylation sites (tertiary alicyclic amines) is 1. The van der Waals surface area contributed by atoms with Crippen LogP contribution in [-0.2, 0) is 4.79 Å². The van der Waals surface area contributed by atoms with Crippen molar-refractivity contribution in [2.75, 3.05) is 24.5 Å². The topological polar surface area (TPSA) is 53.5 Å². The highest BCUT2D eigenvalue weighted by atomic mass is 16.2. The van der Waals surface area contributed by atoms with E-state index in [1.165, 1.54) is 0 Å². The predicted octanol–water partition coefficient (Wildman–Crippen LogP) is 1.82. The molecule has 0 bridgehead atoms. The summed E-state index contributed by atoms with van der Waals surface area (Å²) in [5.41, 5.74) is 1.38. The molecule has 2 fully saturated rings. The van der Waals surface area contributed by atoms with Crippen molar-refractivity contribution >= 4 is 17.5 Å². The highest BCUT2D eigenvalue weighted by Crippen LogP contribution is 2.35. The number of para-hydroxylation sites is 1. The Bertz CT molecular complexity index is 732. The van der Waals surface area contributed by atoms with E-state index in [2.05, 4.69) is 4.98 Å². The molecule has 2 aromatic rings. The molecule has 0 saturated carbocycles. The molecule has 4 rings (SSSR count). The summed E-state index contributed by atoms with van der Waals surface area (Å²) in [5.74, 6) is 0.148. The van der Waals surface area contributed by atoms with Crippen LogP contribution in [0, 0.1) is 11.8 Å². The number of rotatable bonds is 2. The SMILES string of the molecule is O=C(c1ccccn1)N1C[C@@H]2CN(c3ccccc3)C(=O)[C@@H]2C1. The van der Waals surface area contributed by atoms with Gasteiger partial charge in [0.25, 0.3) is 5.91 Å². The molecule has 3 heterocycles. The van der Waals surface area contributed by atoms with E-state index in [4.69, 9.17) is 0 Å². The lowest BCUT2D eigenvalue weighted by atomic mass is 10.0. The maximum Gasteiger partial charge on any atom is 0.272 e. The third kappa shape index (κ3) is 2.38. The van der Waals surface area contributed by atoms with Crippen LogP contribution in [-0.4, -0.2) is 41.3 Å². The van der Waals surface area contributed by atoms with E-state index in [1.54, 1.807) is 29.3 Å². The molecule has 5 nitrogen and oxygen atoms in total. The van der Waals surface area contributed by atoms with Gasteiger partial charge >= 0.3 is 0 Å². The molecule has 23 heavy (non-hydrogen) atoms. The minimum atomic E-state index is -0.0946. The van der Waals surface area contributed by atoms with Gasteiger partial charge in [0.05, 0.1) is 5.92 Å². The Morgan fingerprint density at radius 2 is 1.78 bits per heavy atom. The molecule has 0 radical (unpaired) electrons. The minimum absolute atomic E-state index is 0.0842. The summed E-state index contributed by atoms with van der Waals surface area (Å²) >= 11 is 0. The van der Waals surface area contributed by atoms with E-state index in [1.807, 2.05) is 35.2 Å². The van der Waals surface area contributed by atoms with Crippen molar-refractivity contribution in [1.29, 1.82) is 0 Å². The van der Waals surface area contributed by atoms with Crippen LogP contribution < -0.4 is 4.90 Å². The Morgan fingerprint density at radius 3 is 2.48 bits per heavy atom. The standard InChI is InChI=1S/C18H17N3O2/c22-17-15-12-20(18(23)16-8-4-5-9-19-16)10-13(15)11-21(17)14-6-2-1-3-7-14/h1-9,13,15H,10-12H2/t13-,15-/m1/s1. The molecule has 1 aromatic heterocycles. The fourth-order valence-corrected chi connectivity index (χ4v) is 3.52. The van der Waals surface area contributed by atoms with Crippen LogP contribution in [0.1, 0.15) is 10.5 Å². The molecule has 2 saturated heterocycles. The molecular weight excluding hydrogens is 290 g/mol. The number of hydrogen-bond donors (Lipinski definition) is 0. The molecule has 116 valence electrons. The van der Waals surface area contributed by atoms with Gasteiger partial charge in [-0.1, -0.05) is 24.3 Å². The maximum atomic E-state index is 12.7. The van der Waals surface area contributed by atoms with Crippen LogP contribution in [0.25, 0.3) is 0 Å². The summed E-state index contributed by atoms with van der Waals surface area (Å²) in [7, 11) is 0. The normalized spacial score (nSPS) is 23.2. The van der Waals surface area contributed by atoms with Gasteiger partial charge in [-0.2, -0.15) is 0 Å². The third-order valence-corrected chi connectivity index (χ3v) is 4.68. The molecule has 0 N–H and O–H groups in total. The van der Waals surface area contributed by atoms with E-state index >= 15 is 0 Å². The number of nitrogens with zero attached hydrogens (tertiary/aromatic N) is 3. The number of carbonyl (C=O) groups is 2. The largest absolute Gasteiger partial charge is 0.336 e. The molecule has 2 aliphatic heterocycles. The van der Waals surface area contributed by atoms with Gasteiger partial charge in [-0.05, 0) is 24.3 Å². The van der Waals surface area contributed by atoms with Gasteiger partial charge in [0.1, 0.15) is 5.69 Å². The highest BCUT2D eigenvalue weighted by Gasteiger charge is 2.47. The van der Waals surface area contributed by atoms with Crippen LogP contribution in [0.15, 0.2) is 54.7 Å². The fourth-order valence-electron chi connectivity index (χ4n) is 3.52. The molecule has 0 spiro atoms. The lowest BCUT2D eigenvalue weighted by Gasteiger charge is -2.21. The zero-order chi connectivity index (χ0) is 15.8. The molecule has 1 aromatic carbocycles. The summed E-state index contributed by atoms with van der Waals surface area (Å²) in [5, 5.41) is 0. The van der Waals surface area contributed by atoms with Crippen molar-refractivity contribution in [1.82, 2.24) is 9.88 Å². The number of aromatic nitrogens is 1. The predicted molar refractivity (Wildman–Crippen MR) is 85.9 cm³/mol. The smallest absolute Gasteiger partial charge is 0.272 e. The Kier molecular flexibility index (Phi) is 3.33. The average Bonchev–Trinajstić information content (AvgIpc) is 3.16. The summed E-state index contributed by atoms with van der Waals surface area (Å²) in [4.78, 5) is 32.9. The quantitative estimate of drug-likeness (QED) is 0.850. The van der Waals surface area contributed by atoms with Gasteiger partial charge in [-0.3, -0.25) is 14.6 Å². The number of hydrogen-bond acceptors (Lipinski definition) is 3. The molecule has 5 heteroatoms. The number of benzene rings is 1. The van der Waals surface area contributed by atoms with Gasteiger partial charge < -0.3 is 9.80 Å². The average molecular weight is 307 g/mol. The first-order valence-corrected chi connectivity index (χ1v) is 7.81. The molecular formula is C18H17N3O2. The second-order valence-corrected chi connectivity index (χ2v) is 6.08. The van der Waals surface area contributed by atoms with Crippen LogP contribution >= 0.6 is 0 Å². The number of fused-ring (bicyclic) bond motifs is 1. The summed E-state index contributed by atoms with van der Waals surface area (Å²) in [6.45, 7) is 1.79. The van der Waals surface area contributed by atoms with Crippen molar-refractivity contribution in [3.63, 3.8) is 0 Å². The van der Waals surface area contributed by atoms with Gasteiger partial charge in [-0.15, -0.1) is 0 Å². The molecule has 2 atom stereocenters. The number of carbonyl (C=O) groups excluding carboxylic acids is 2. The zero-order valence-corrected chi connectivity index (χ0v) is 12.6. The first-order valence-electron chi connectivity index (χ1n) is 7.81. The van der Waals surface area contributed by atoms with Gasteiger partial charge in [0.2, 0.25) is 5.91 Å². The van der Waals surface area contributed by atoms with E-state index in [0.29, 0.717) is 25.3 Å². The van der Waals surface area contributed by atoms with Crippen molar-refractivity contribution in [2.24, 2.45) is 11.8 Å². The van der Waals surface area contributed by atoms with E-state index in [-0.39, 0.29) is 23.7 Å². The van der Waals surface area contributed by atoms with Gasteiger partial charge in [0, 0.05) is 37.4 Å².